The van der Waals surface area contributed by atoms with Crippen molar-refractivity contribution in [3.05, 3.63) is 60.0 Å². The van der Waals surface area contributed by atoms with Crippen molar-refractivity contribution in [2.24, 2.45) is 0 Å². The Balaban J connectivity index is 1.38. The summed E-state index contributed by atoms with van der Waals surface area (Å²) in [5.41, 5.74) is 7.78. The minimum absolute atomic E-state index is 0.576. The van der Waals surface area contributed by atoms with Gasteiger partial charge < -0.3 is 5.32 Å². The Morgan fingerprint density at radius 2 is 1.77 bits per heavy atom. The van der Waals surface area contributed by atoms with Gasteiger partial charge in [-0.05, 0) is 74.4 Å². The molecule has 150 valence electrons. The van der Waals surface area contributed by atoms with E-state index in [0.717, 1.165) is 39.4 Å². The average molecular weight is 396 g/mol. The van der Waals surface area contributed by atoms with Gasteiger partial charge in [-0.1, -0.05) is 6.07 Å². The van der Waals surface area contributed by atoms with Crippen molar-refractivity contribution in [2.45, 2.75) is 50.6 Å². The van der Waals surface area contributed by atoms with E-state index in [1.807, 2.05) is 43.5 Å². The topological polar surface area (TPSA) is 79.4 Å². The van der Waals surface area contributed by atoms with Gasteiger partial charge in [-0.25, -0.2) is 4.98 Å². The molecule has 0 aliphatic carbocycles. The van der Waals surface area contributed by atoms with Crippen LogP contribution in [0.3, 0.4) is 0 Å². The van der Waals surface area contributed by atoms with E-state index in [2.05, 4.69) is 32.8 Å². The third-order valence-corrected chi connectivity index (χ3v) is 6.56. The van der Waals surface area contributed by atoms with Crippen LogP contribution in [0.25, 0.3) is 33.7 Å². The third kappa shape index (κ3) is 3.08. The Morgan fingerprint density at radius 1 is 0.900 bits per heavy atom. The predicted molar refractivity (Wildman–Crippen MR) is 117 cm³/mol. The molecular formula is C24H24N6. The van der Waals surface area contributed by atoms with Crippen LogP contribution in [0.15, 0.2) is 48.8 Å². The minimum atomic E-state index is 0.576. The second-order valence-corrected chi connectivity index (χ2v) is 8.63. The van der Waals surface area contributed by atoms with Gasteiger partial charge in [0.2, 0.25) is 0 Å². The SMILES string of the molecule is Cc1cccc(-c2[nH]ncc2-c2ccc3ncc(C4C[C@H]5CC[C@@H](C4)N5)cc3n2)n1. The van der Waals surface area contributed by atoms with Crippen molar-refractivity contribution >= 4 is 11.0 Å². The summed E-state index contributed by atoms with van der Waals surface area (Å²) >= 11 is 0. The molecule has 0 aromatic carbocycles. The van der Waals surface area contributed by atoms with E-state index >= 15 is 0 Å². The highest BCUT2D eigenvalue weighted by molar-refractivity contribution is 5.82. The van der Waals surface area contributed by atoms with Crippen molar-refractivity contribution in [1.29, 1.82) is 0 Å². The normalized spacial score (nSPS) is 23.2. The number of rotatable bonds is 3. The lowest BCUT2D eigenvalue weighted by Gasteiger charge is -2.29. The Kier molecular flexibility index (Phi) is 4.13. The highest BCUT2D eigenvalue weighted by atomic mass is 15.1. The molecule has 6 heteroatoms. The Bertz CT molecular complexity index is 1220. The predicted octanol–water partition coefficient (Wildman–Crippen LogP) is 4.39. The molecular weight excluding hydrogens is 372 g/mol. The summed E-state index contributed by atoms with van der Waals surface area (Å²) in [4.78, 5) is 14.3. The van der Waals surface area contributed by atoms with Gasteiger partial charge in [-0.2, -0.15) is 5.10 Å². The van der Waals surface area contributed by atoms with E-state index in [1.54, 1.807) is 0 Å². The molecule has 6 rings (SSSR count). The number of nitrogens with one attached hydrogen (secondary N) is 2. The summed E-state index contributed by atoms with van der Waals surface area (Å²) in [5, 5.41) is 11.1. The number of fused-ring (bicyclic) bond motifs is 3. The second kappa shape index (κ2) is 6.99. The zero-order chi connectivity index (χ0) is 20.1. The van der Waals surface area contributed by atoms with Gasteiger partial charge in [0.25, 0.3) is 0 Å². The van der Waals surface area contributed by atoms with Crippen LogP contribution in [0.5, 0.6) is 0 Å². The fourth-order valence-corrected chi connectivity index (χ4v) is 5.08. The van der Waals surface area contributed by atoms with E-state index < -0.39 is 0 Å². The second-order valence-electron chi connectivity index (χ2n) is 8.63. The fourth-order valence-electron chi connectivity index (χ4n) is 5.08. The van der Waals surface area contributed by atoms with Gasteiger partial charge in [0, 0.05) is 29.5 Å². The number of aromatic nitrogens is 5. The first-order valence-corrected chi connectivity index (χ1v) is 10.7. The smallest absolute Gasteiger partial charge is 0.0928 e. The van der Waals surface area contributed by atoms with Crippen molar-refractivity contribution in [2.75, 3.05) is 0 Å². The van der Waals surface area contributed by atoms with E-state index in [0.29, 0.717) is 18.0 Å². The maximum atomic E-state index is 4.97. The molecule has 0 amide bonds. The number of piperidine rings is 1. The van der Waals surface area contributed by atoms with Crippen LogP contribution in [-0.2, 0) is 0 Å². The quantitative estimate of drug-likeness (QED) is 0.537. The maximum absolute atomic E-state index is 4.97. The summed E-state index contributed by atoms with van der Waals surface area (Å²) in [6, 6.07) is 13.6. The average Bonchev–Trinajstić information content (AvgIpc) is 3.39. The molecule has 3 atom stereocenters. The van der Waals surface area contributed by atoms with Crippen LogP contribution in [0.1, 0.15) is 42.9 Å². The maximum Gasteiger partial charge on any atom is 0.0928 e. The summed E-state index contributed by atoms with van der Waals surface area (Å²) in [5.74, 6) is 0.576. The lowest BCUT2D eigenvalue weighted by atomic mass is 9.87. The van der Waals surface area contributed by atoms with Crippen LogP contribution in [-0.4, -0.2) is 37.2 Å². The Labute approximate surface area is 175 Å². The van der Waals surface area contributed by atoms with Gasteiger partial charge in [0.1, 0.15) is 0 Å². The number of hydrogen-bond acceptors (Lipinski definition) is 5. The Hall–Kier alpha value is -3.12. The van der Waals surface area contributed by atoms with Crippen LogP contribution in [0.4, 0.5) is 0 Å². The number of aryl methyl sites for hydroxylation is 1. The van der Waals surface area contributed by atoms with E-state index in [4.69, 9.17) is 9.97 Å². The van der Waals surface area contributed by atoms with Gasteiger partial charge in [0.05, 0.1) is 34.3 Å². The van der Waals surface area contributed by atoms with Gasteiger partial charge >= 0.3 is 0 Å². The lowest BCUT2D eigenvalue weighted by molar-refractivity contribution is 0.363. The molecule has 2 bridgehead atoms. The fraction of sp³-hybridized carbons (Fsp3) is 0.333. The van der Waals surface area contributed by atoms with Crippen molar-refractivity contribution in [1.82, 2.24) is 30.5 Å². The first-order valence-electron chi connectivity index (χ1n) is 10.7. The molecule has 0 saturated carbocycles. The summed E-state index contributed by atoms with van der Waals surface area (Å²) in [6.45, 7) is 1.99. The highest BCUT2D eigenvalue weighted by Gasteiger charge is 2.34. The molecule has 2 aliphatic heterocycles. The zero-order valence-corrected chi connectivity index (χ0v) is 17.0. The molecule has 2 fully saturated rings. The molecule has 1 unspecified atom stereocenters. The number of H-pyrrole nitrogens is 1. The van der Waals surface area contributed by atoms with E-state index in [1.165, 1.54) is 31.2 Å². The summed E-state index contributed by atoms with van der Waals surface area (Å²) in [6.07, 6.45) is 8.90. The summed E-state index contributed by atoms with van der Waals surface area (Å²) < 4.78 is 0. The van der Waals surface area contributed by atoms with Crippen LogP contribution in [0, 0.1) is 6.92 Å². The molecule has 0 spiro atoms. The number of hydrogen-bond donors (Lipinski definition) is 2. The first kappa shape index (κ1) is 17.7. The standard InChI is InChI=1S/C24H24N6/c1-14-3-2-4-22(27-14)24-19(13-26-30-24)20-7-8-21-23(29-20)11-16(12-25-21)15-9-17-5-6-18(10-15)28-17/h2-4,7-8,11-13,15,17-18,28H,5-6,9-10H2,1H3,(H,26,30)/t15?,17-,18+. The molecule has 0 radical (unpaired) electrons. The monoisotopic (exact) mass is 396 g/mol. The molecule has 4 aromatic heterocycles. The van der Waals surface area contributed by atoms with Crippen molar-refractivity contribution < 1.29 is 0 Å². The molecule has 4 aromatic rings. The molecule has 6 nitrogen and oxygen atoms in total. The minimum Gasteiger partial charge on any atom is -0.311 e. The first-order chi connectivity index (χ1) is 14.7. The number of aromatic amines is 1. The van der Waals surface area contributed by atoms with Crippen LogP contribution < -0.4 is 5.32 Å². The van der Waals surface area contributed by atoms with Crippen LogP contribution in [0.2, 0.25) is 0 Å². The van der Waals surface area contributed by atoms with E-state index in [-0.39, 0.29) is 0 Å². The van der Waals surface area contributed by atoms with Crippen molar-refractivity contribution in [3.63, 3.8) is 0 Å². The molecule has 2 aliphatic rings. The number of pyridine rings is 3. The molecule has 2 N–H and O–H groups in total. The van der Waals surface area contributed by atoms with Crippen molar-refractivity contribution in [3.8, 4) is 22.6 Å². The van der Waals surface area contributed by atoms with Gasteiger partial charge in [0.15, 0.2) is 0 Å². The summed E-state index contributed by atoms with van der Waals surface area (Å²) in [7, 11) is 0. The van der Waals surface area contributed by atoms with Gasteiger partial charge in [-0.3, -0.25) is 15.1 Å². The largest absolute Gasteiger partial charge is 0.311 e. The Morgan fingerprint density at radius 3 is 2.60 bits per heavy atom. The van der Waals surface area contributed by atoms with Crippen LogP contribution >= 0.6 is 0 Å². The molecule has 2 saturated heterocycles. The molecule has 30 heavy (non-hydrogen) atoms. The number of nitrogens with zero attached hydrogens (tertiary/aromatic N) is 4. The highest BCUT2D eigenvalue weighted by Crippen LogP contribution is 2.37. The zero-order valence-electron chi connectivity index (χ0n) is 17.0. The third-order valence-electron chi connectivity index (χ3n) is 6.56. The van der Waals surface area contributed by atoms with E-state index in [9.17, 15) is 0 Å². The van der Waals surface area contributed by atoms with Gasteiger partial charge in [-0.15, -0.1) is 0 Å². The molecule has 6 heterocycles. The lowest BCUT2D eigenvalue weighted by Crippen LogP contribution is -2.37.